The minimum Gasteiger partial charge on any atom is -0.353 e. The van der Waals surface area contributed by atoms with Crippen molar-refractivity contribution < 1.29 is 9.18 Å². The Hall–Kier alpha value is -1.95. The molecule has 1 aliphatic heterocycles. The van der Waals surface area contributed by atoms with Crippen LogP contribution in [0.15, 0.2) is 18.2 Å². The summed E-state index contributed by atoms with van der Waals surface area (Å²) < 4.78 is 15.8. The Kier molecular flexibility index (Phi) is 3.40. The number of rotatable bonds is 3. The van der Waals surface area contributed by atoms with E-state index >= 15 is 0 Å². The summed E-state index contributed by atoms with van der Waals surface area (Å²) in [6.45, 7) is 4.08. The maximum atomic E-state index is 13.8. The molecule has 1 aromatic heterocycles. The molecule has 106 valence electrons. The van der Waals surface area contributed by atoms with Crippen LogP contribution in [-0.4, -0.2) is 34.6 Å². The van der Waals surface area contributed by atoms with Gasteiger partial charge in [0.2, 0.25) is 5.91 Å². The Balaban J connectivity index is 1.98. The summed E-state index contributed by atoms with van der Waals surface area (Å²) in [5.41, 5.74) is 1.15. The van der Waals surface area contributed by atoms with Crippen molar-refractivity contribution in [3.63, 3.8) is 0 Å². The predicted octanol–water partition coefficient (Wildman–Crippen LogP) is 0.826. The van der Waals surface area contributed by atoms with Crippen molar-refractivity contribution in [2.24, 2.45) is 0 Å². The van der Waals surface area contributed by atoms with Gasteiger partial charge in [0.25, 0.3) is 0 Å². The van der Waals surface area contributed by atoms with Crippen molar-refractivity contribution in [3.05, 3.63) is 29.8 Å². The van der Waals surface area contributed by atoms with Gasteiger partial charge in [0.05, 0.1) is 11.6 Å². The molecule has 6 heteroatoms. The largest absolute Gasteiger partial charge is 0.353 e. The van der Waals surface area contributed by atoms with E-state index in [1.54, 1.807) is 6.07 Å². The lowest BCUT2D eigenvalue weighted by Crippen LogP contribution is -2.54. The maximum Gasteiger partial charge on any atom is 0.237 e. The van der Waals surface area contributed by atoms with Crippen LogP contribution in [0.25, 0.3) is 11.0 Å². The minimum atomic E-state index is -0.322. The number of aromatic nitrogens is 2. The zero-order valence-electron chi connectivity index (χ0n) is 11.3. The average molecular weight is 276 g/mol. The molecular weight excluding hydrogens is 259 g/mol. The highest BCUT2D eigenvalue weighted by atomic mass is 19.1. The first-order chi connectivity index (χ1) is 9.70. The van der Waals surface area contributed by atoms with Crippen molar-refractivity contribution in [3.8, 4) is 0 Å². The molecule has 0 bridgehead atoms. The number of aryl methyl sites for hydroxylation is 1. The highest BCUT2D eigenvalue weighted by molar-refractivity contribution is 5.83. The fourth-order valence-corrected chi connectivity index (χ4v) is 2.67. The van der Waals surface area contributed by atoms with Gasteiger partial charge in [-0.25, -0.2) is 9.37 Å². The lowest BCUT2D eigenvalue weighted by Gasteiger charge is -2.23. The number of piperazine rings is 1. The number of halogens is 1. The topological polar surface area (TPSA) is 59.0 Å². The van der Waals surface area contributed by atoms with E-state index in [-0.39, 0.29) is 17.8 Å². The fraction of sp³-hybridized carbons (Fsp3) is 0.429. The van der Waals surface area contributed by atoms with Crippen LogP contribution in [0.3, 0.4) is 0 Å². The predicted molar refractivity (Wildman–Crippen MR) is 73.9 cm³/mol. The first-order valence-corrected chi connectivity index (χ1v) is 6.85. The van der Waals surface area contributed by atoms with Crippen molar-refractivity contribution in [2.75, 3.05) is 13.1 Å². The molecule has 0 radical (unpaired) electrons. The van der Waals surface area contributed by atoms with Gasteiger partial charge >= 0.3 is 0 Å². The van der Waals surface area contributed by atoms with E-state index in [9.17, 15) is 9.18 Å². The summed E-state index contributed by atoms with van der Waals surface area (Å²) in [6.07, 6.45) is 0.466. The second kappa shape index (κ2) is 5.20. The van der Waals surface area contributed by atoms with Crippen LogP contribution in [0.5, 0.6) is 0 Å². The van der Waals surface area contributed by atoms with E-state index in [1.165, 1.54) is 6.07 Å². The summed E-state index contributed by atoms with van der Waals surface area (Å²) in [5.74, 6) is 0.394. The number of hydrogen-bond acceptors (Lipinski definition) is 3. The Morgan fingerprint density at radius 2 is 2.30 bits per heavy atom. The van der Waals surface area contributed by atoms with Crippen molar-refractivity contribution in [2.45, 2.75) is 25.9 Å². The molecule has 5 nitrogen and oxygen atoms in total. The molecule has 1 atom stereocenters. The fourth-order valence-electron chi connectivity index (χ4n) is 2.67. The number of benzene rings is 1. The van der Waals surface area contributed by atoms with Gasteiger partial charge in [-0.3, -0.25) is 4.79 Å². The summed E-state index contributed by atoms with van der Waals surface area (Å²) in [4.78, 5) is 16.2. The van der Waals surface area contributed by atoms with Crippen LogP contribution in [0, 0.1) is 5.82 Å². The van der Waals surface area contributed by atoms with E-state index in [1.807, 2.05) is 17.6 Å². The van der Waals surface area contributed by atoms with Gasteiger partial charge in [-0.05, 0) is 19.1 Å². The zero-order valence-corrected chi connectivity index (χ0v) is 11.3. The molecule has 2 heterocycles. The van der Waals surface area contributed by atoms with Gasteiger partial charge in [0, 0.05) is 26.1 Å². The summed E-state index contributed by atoms with van der Waals surface area (Å²) in [5, 5.41) is 5.99. The van der Waals surface area contributed by atoms with Crippen LogP contribution < -0.4 is 10.6 Å². The number of imidazole rings is 1. The number of amides is 1. The Morgan fingerprint density at radius 3 is 3.05 bits per heavy atom. The van der Waals surface area contributed by atoms with Crippen LogP contribution in [-0.2, 0) is 17.8 Å². The monoisotopic (exact) mass is 276 g/mol. The molecule has 1 aromatic carbocycles. The van der Waals surface area contributed by atoms with Gasteiger partial charge in [0.1, 0.15) is 11.3 Å². The zero-order chi connectivity index (χ0) is 14.1. The van der Waals surface area contributed by atoms with Crippen LogP contribution in [0.4, 0.5) is 4.39 Å². The second-order valence-corrected chi connectivity index (χ2v) is 4.88. The standard InChI is InChI=1S/C14H17FN4O/c1-2-19-11-5-3-4-9(15)13(11)18-12(19)8-10-14(20)17-7-6-16-10/h3-5,10,16H,2,6-8H2,1H3,(H,17,20). The molecule has 20 heavy (non-hydrogen) atoms. The van der Waals surface area contributed by atoms with Crippen molar-refractivity contribution in [1.29, 1.82) is 0 Å². The molecule has 3 rings (SSSR count). The highest BCUT2D eigenvalue weighted by Crippen LogP contribution is 2.20. The lowest BCUT2D eigenvalue weighted by molar-refractivity contribution is -0.124. The first-order valence-electron chi connectivity index (χ1n) is 6.85. The maximum absolute atomic E-state index is 13.8. The van der Waals surface area contributed by atoms with Gasteiger partial charge in [-0.15, -0.1) is 0 Å². The van der Waals surface area contributed by atoms with Crippen LogP contribution >= 0.6 is 0 Å². The third-order valence-electron chi connectivity index (χ3n) is 3.64. The van der Waals surface area contributed by atoms with Crippen LogP contribution in [0.1, 0.15) is 12.7 Å². The number of carbonyl (C=O) groups is 1. The summed E-state index contributed by atoms with van der Waals surface area (Å²) in [7, 11) is 0. The van der Waals surface area contributed by atoms with E-state index in [0.29, 0.717) is 25.0 Å². The quantitative estimate of drug-likeness (QED) is 0.873. The highest BCUT2D eigenvalue weighted by Gasteiger charge is 2.24. The normalized spacial score (nSPS) is 19.3. The molecule has 1 unspecified atom stereocenters. The molecule has 1 amide bonds. The summed E-state index contributed by atoms with van der Waals surface area (Å²) in [6, 6.07) is 4.65. The third-order valence-corrected chi connectivity index (χ3v) is 3.64. The smallest absolute Gasteiger partial charge is 0.237 e. The molecule has 0 aliphatic carbocycles. The van der Waals surface area contributed by atoms with Crippen molar-refractivity contribution in [1.82, 2.24) is 20.2 Å². The SMILES string of the molecule is CCn1c(CC2NCCNC2=O)nc2c(F)cccc21. The number of nitrogens with zero attached hydrogens (tertiary/aromatic N) is 2. The first kappa shape index (κ1) is 13.1. The molecule has 0 saturated carbocycles. The molecule has 2 N–H and O–H groups in total. The molecule has 1 aliphatic rings. The minimum absolute atomic E-state index is 0.0218. The van der Waals surface area contributed by atoms with E-state index < -0.39 is 0 Å². The van der Waals surface area contributed by atoms with E-state index in [2.05, 4.69) is 15.6 Å². The summed E-state index contributed by atoms with van der Waals surface area (Å²) >= 11 is 0. The van der Waals surface area contributed by atoms with Gasteiger partial charge in [-0.1, -0.05) is 6.07 Å². The average Bonchev–Trinajstić information content (AvgIpc) is 2.80. The number of nitrogens with one attached hydrogen (secondary N) is 2. The molecule has 1 saturated heterocycles. The number of para-hydroxylation sites is 1. The molecule has 1 fully saturated rings. The molecule has 0 spiro atoms. The lowest BCUT2D eigenvalue weighted by atomic mass is 10.1. The van der Waals surface area contributed by atoms with Gasteiger partial charge < -0.3 is 15.2 Å². The van der Waals surface area contributed by atoms with E-state index in [4.69, 9.17) is 0 Å². The Bertz CT molecular complexity index is 652. The number of fused-ring (bicyclic) bond motifs is 1. The molecule has 2 aromatic rings. The Morgan fingerprint density at radius 1 is 1.45 bits per heavy atom. The van der Waals surface area contributed by atoms with Crippen molar-refractivity contribution >= 4 is 16.9 Å². The third kappa shape index (κ3) is 2.16. The van der Waals surface area contributed by atoms with E-state index in [0.717, 1.165) is 17.9 Å². The number of hydrogen-bond donors (Lipinski definition) is 2. The number of carbonyl (C=O) groups excluding carboxylic acids is 1. The van der Waals surface area contributed by atoms with Gasteiger partial charge in [0.15, 0.2) is 5.82 Å². The molecular formula is C14H17FN4O. The second-order valence-electron chi connectivity index (χ2n) is 4.88. The Labute approximate surface area is 116 Å². The van der Waals surface area contributed by atoms with Crippen LogP contribution in [0.2, 0.25) is 0 Å². The van der Waals surface area contributed by atoms with Gasteiger partial charge in [-0.2, -0.15) is 0 Å².